The number of amides is 1. The highest BCUT2D eigenvalue weighted by Crippen LogP contribution is 2.23. The Morgan fingerprint density at radius 3 is 2.43 bits per heavy atom. The molecule has 2 rings (SSSR count). The molecule has 0 aliphatic rings. The topological polar surface area (TPSA) is 20.3 Å². The van der Waals surface area contributed by atoms with E-state index in [9.17, 15) is 13.6 Å². The summed E-state index contributed by atoms with van der Waals surface area (Å²) in [4.78, 5) is 13.6. The zero-order valence-corrected chi connectivity index (χ0v) is 12.1. The molecule has 0 fully saturated rings. The zero-order valence-electron chi connectivity index (χ0n) is 11.4. The van der Waals surface area contributed by atoms with Crippen molar-refractivity contribution in [3.05, 3.63) is 71.3 Å². The summed E-state index contributed by atoms with van der Waals surface area (Å²) in [6, 6.07) is 12.5. The summed E-state index contributed by atoms with van der Waals surface area (Å²) >= 11 is 6.15. The number of hydrogen-bond donors (Lipinski definition) is 0. The number of halogens is 3. The van der Waals surface area contributed by atoms with Crippen molar-refractivity contribution in [2.24, 2.45) is 0 Å². The predicted molar refractivity (Wildman–Crippen MR) is 77.9 cm³/mol. The van der Waals surface area contributed by atoms with Gasteiger partial charge in [-0.05, 0) is 23.3 Å². The van der Waals surface area contributed by atoms with Crippen molar-refractivity contribution in [3.8, 4) is 0 Å². The van der Waals surface area contributed by atoms with E-state index in [4.69, 9.17) is 11.6 Å². The first-order valence-electron chi connectivity index (χ1n) is 6.37. The Kier molecular flexibility index (Phi) is 4.91. The van der Waals surface area contributed by atoms with Gasteiger partial charge in [0.1, 0.15) is 5.38 Å². The molecule has 2 aromatic rings. The van der Waals surface area contributed by atoms with Crippen LogP contribution in [0, 0.1) is 11.6 Å². The van der Waals surface area contributed by atoms with Gasteiger partial charge in [-0.15, -0.1) is 11.6 Å². The zero-order chi connectivity index (χ0) is 15.4. The van der Waals surface area contributed by atoms with E-state index in [1.165, 1.54) is 11.0 Å². The van der Waals surface area contributed by atoms with Crippen LogP contribution in [0.3, 0.4) is 0 Å². The molecule has 110 valence electrons. The van der Waals surface area contributed by atoms with Crippen LogP contribution in [0.25, 0.3) is 0 Å². The molecular weight excluding hydrogens is 296 g/mol. The Hall–Kier alpha value is -1.94. The monoisotopic (exact) mass is 309 g/mol. The molecule has 0 spiro atoms. The summed E-state index contributed by atoms with van der Waals surface area (Å²) in [5, 5.41) is -0.804. The van der Waals surface area contributed by atoms with Crippen LogP contribution in [0.1, 0.15) is 16.5 Å². The highest BCUT2D eigenvalue weighted by molar-refractivity contribution is 6.30. The number of likely N-dealkylation sites (N-methyl/N-ethyl adjacent to an activating group) is 1. The van der Waals surface area contributed by atoms with E-state index in [0.29, 0.717) is 11.1 Å². The number of carbonyl (C=O) groups excluding carboxylic acids is 1. The molecule has 0 radical (unpaired) electrons. The fraction of sp³-hybridized carbons (Fsp3) is 0.188. The first kappa shape index (κ1) is 15.4. The molecule has 0 aliphatic carbocycles. The minimum Gasteiger partial charge on any atom is -0.340 e. The molecule has 2 aromatic carbocycles. The second-order valence-corrected chi connectivity index (χ2v) is 5.15. The van der Waals surface area contributed by atoms with Gasteiger partial charge >= 0.3 is 0 Å². The lowest BCUT2D eigenvalue weighted by molar-refractivity contribution is -0.130. The maximum absolute atomic E-state index is 13.1. The van der Waals surface area contributed by atoms with Crippen molar-refractivity contribution in [2.75, 3.05) is 7.05 Å². The highest BCUT2D eigenvalue weighted by Gasteiger charge is 2.21. The Labute approximate surface area is 127 Å². The largest absolute Gasteiger partial charge is 0.340 e. The lowest BCUT2D eigenvalue weighted by Gasteiger charge is -2.20. The molecule has 0 aromatic heterocycles. The maximum Gasteiger partial charge on any atom is 0.245 e. The SMILES string of the molecule is CN(Cc1ccc(F)c(F)c1)C(=O)C(Cl)c1ccccc1. The summed E-state index contributed by atoms with van der Waals surface area (Å²) in [7, 11) is 1.57. The van der Waals surface area contributed by atoms with Crippen LogP contribution < -0.4 is 0 Å². The third kappa shape index (κ3) is 3.79. The lowest BCUT2D eigenvalue weighted by atomic mass is 10.1. The number of alkyl halides is 1. The third-order valence-corrected chi connectivity index (χ3v) is 3.53. The predicted octanol–water partition coefficient (Wildman–Crippen LogP) is 3.90. The molecule has 5 heteroatoms. The van der Waals surface area contributed by atoms with E-state index in [2.05, 4.69) is 0 Å². The Balaban J connectivity index is 2.07. The fourth-order valence-corrected chi connectivity index (χ4v) is 2.26. The first-order chi connectivity index (χ1) is 9.99. The summed E-state index contributed by atoms with van der Waals surface area (Å²) in [6.07, 6.45) is 0. The molecule has 0 heterocycles. The Morgan fingerprint density at radius 2 is 1.81 bits per heavy atom. The van der Waals surface area contributed by atoms with E-state index in [0.717, 1.165) is 12.1 Å². The molecule has 0 saturated carbocycles. The molecule has 21 heavy (non-hydrogen) atoms. The fourth-order valence-electron chi connectivity index (χ4n) is 1.95. The summed E-state index contributed by atoms with van der Waals surface area (Å²) < 4.78 is 26.0. The molecule has 1 unspecified atom stereocenters. The van der Waals surface area contributed by atoms with Gasteiger partial charge in [-0.1, -0.05) is 36.4 Å². The average Bonchev–Trinajstić information content (AvgIpc) is 2.50. The third-order valence-electron chi connectivity index (χ3n) is 3.09. The molecule has 1 amide bonds. The molecule has 1 atom stereocenters. The number of carbonyl (C=O) groups is 1. The van der Waals surface area contributed by atoms with Gasteiger partial charge in [0, 0.05) is 13.6 Å². The van der Waals surface area contributed by atoms with Crippen molar-refractivity contribution in [3.63, 3.8) is 0 Å². The second kappa shape index (κ2) is 6.68. The van der Waals surface area contributed by atoms with Gasteiger partial charge in [-0.3, -0.25) is 4.79 Å². The number of hydrogen-bond acceptors (Lipinski definition) is 1. The van der Waals surface area contributed by atoms with E-state index in [1.54, 1.807) is 31.3 Å². The van der Waals surface area contributed by atoms with Crippen LogP contribution in [-0.2, 0) is 11.3 Å². The van der Waals surface area contributed by atoms with Gasteiger partial charge in [-0.2, -0.15) is 0 Å². The molecule has 0 aliphatic heterocycles. The summed E-state index contributed by atoms with van der Waals surface area (Å²) in [6.45, 7) is 0.159. The molecule has 0 bridgehead atoms. The molecule has 2 nitrogen and oxygen atoms in total. The highest BCUT2D eigenvalue weighted by atomic mass is 35.5. The molecular formula is C16H14ClF2NO. The van der Waals surface area contributed by atoms with Crippen LogP contribution in [0.5, 0.6) is 0 Å². The molecule has 0 saturated heterocycles. The number of nitrogens with zero attached hydrogens (tertiary/aromatic N) is 1. The lowest BCUT2D eigenvalue weighted by Crippen LogP contribution is -2.29. The minimum absolute atomic E-state index is 0.159. The summed E-state index contributed by atoms with van der Waals surface area (Å²) in [5.41, 5.74) is 1.20. The van der Waals surface area contributed by atoms with Crippen molar-refractivity contribution in [2.45, 2.75) is 11.9 Å². The molecule has 0 N–H and O–H groups in total. The minimum atomic E-state index is -0.932. The van der Waals surface area contributed by atoms with Gasteiger partial charge in [0.15, 0.2) is 11.6 Å². The van der Waals surface area contributed by atoms with Gasteiger partial charge in [0.2, 0.25) is 5.91 Å². The van der Waals surface area contributed by atoms with Crippen molar-refractivity contribution < 1.29 is 13.6 Å². The van der Waals surface area contributed by atoms with E-state index in [1.807, 2.05) is 6.07 Å². The van der Waals surface area contributed by atoms with Gasteiger partial charge in [0.05, 0.1) is 0 Å². The van der Waals surface area contributed by atoms with Gasteiger partial charge < -0.3 is 4.90 Å². The van der Waals surface area contributed by atoms with Crippen LogP contribution in [0.2, 0.25) is 0 Å². The standard InChI is InChI=1S/C16H14ClF2NO/c1-20(10-11-7-8-13(18)14(19)9-11)16(21)15(17)12-5-3-2-4-6-12/h2-9,15H,10H2,1H3. The normalized spacial score (nSPS) is 12.0. The van der Waals surface area contributed by atoms with Gasteiger partial charge in [0.25, 0.3) is 0 Å². The van der Waals surface area contributed by atoms with Crippen molar-refractivity contribution in [1.29, 1.82) is 0 Å². The van der Waals surface area contributed by atoms with Crippen LogP contribution in [-0.4, -0.2) is 17.9 Å². The quantitative estimate of drug-likeness (QED) is 0.784. The first-order valence-corrected chi connectivity index (χ1v) is 6.80. The van der Waals surface area contributed by atoms with Crippen molar-refractivity contribution >= 4 is 17.5 Å². The maximum atomic E-state index is 13.1. The average molecular weight is 310 g/mol. The van der Waals surface area contributed by atoms with Crippen LogP contribution >= 0.6 is 11.6 Å². The van der Waals surface area contributed by atoms with Gasteiger partial charge in [-0.25, -0.2) is 8.78 Å². The van der Waals surface area contributed by atoms with Crippen LogP contribution in [0.4, 0.5) is 8.78 Å². The van der Waals surface area contributed by atoms with E-state index in [-0.39, 0.29) is 12.5 Å². The Bertz CT molecular complexity index is 633. The van der Waals surface area contributed by atoms with Crippen LogP contribution in [0.15, 0.2) is 48.5 Å². The van der Waals surface area contributed by atoms with E-state index >= 15 is 0 Å². The van der Waals surface area contributed by atoms with E-state index < -0.39 is 17.0 Å². The summed E-state index contributed by atoms with van der Waals surface area (Å²) in [5.74, 6) is -2.14. The number of rotatable bonds is 4. The second-order valence-electron chi connectivity index (χ2n) is 4.72. The van der Waals surface area contributed by atoms with Crippen molar-refractivity contribution in [1.82, 2.24) is 4.90 Å². The Morgan fingerprint density at radius 1 is 1.14 bits per heavy atom. The number of benzene rings is 2. The smallest absolute Gasteiger partial charge is 0.245 e.